The molecule has 0 spiro atoms. The molecule has 1 amide bonds. The van der Waals surface area contributed by atoms with E-state index in [0.717, 1.165) is 24.1 Å². The summed E-state index contributed by atoms with van der Waals surface area (Å²) in [5.41, 5.74) is 1.28. The molecule has 29 heavy (non-hydrogen) atoms. The molecule has 2 heterocycles. The summed E-state index contributed by atoms with van der Waals surface area (Å²) in [5, 5.41) is 17.2. The molecule has 1 aromatic carbocycles. The first kappa shape index (κ1) is 19.6. The van der Waals surface area contributed by atoms with Crippen LogP contribution in [0.4, 0.5) is 0 Å². The number of amides is 1. The Morgan fingerprint density at radius 2 is 1.86 bits per heavy atom. The van der Waals surface area contributed by atoms with E-state index in [1.54, 1.807) is 6.20 Å². The molecule has 1 saturated carbocycles. The van der Waals surface area contributed by atoms with E-state index in [0.29, 0.717) is 37.7 Å². The molecule has 4 rings (SSSR count). The quantitative estimate of drug-likeness (QED) is 0.780. The number of hydrogen-bond donors (Lipinski definition) is 2. The van der Waals surface area contributed by atoms with Crippen LogP contribution in [0.1, 0.15) is 54.9 Å². The number of carboxylic acid groups (broad SMARTS) is 1. The van der Waals surface area contributed by atoms with Crippen molar-refractivity contribution in [1.82, 2.24) is 15.1 Å². The molecule has 1 aliphatic heterocycles. The average Bonchev–Trinajstić information content (AvgIpc) is 3.43. The van der Waals surface area contributed by atoms with Crippen molar-refractivity contribution < 1.29 is 19.4 Å². The van der Waals surface area contributed by atoms with Crippen LogP contribution >= 0.6 is 0 Å². The van der Waals surface area contributed by atoms with Gasteiger partial charge in [0.1, 0.15) is 0 Å². The standard InChI is InChI=1S/C22H27N3O4/c26-20(23-15-22(21(27)28)10-12-29-13-11-22)18-14-24-25(17-8-4-5-9-17)19(18)16-6-2-1-3-7-16/h1-3,6-7,14,17H,4-5,8-13,15H2,(H,23,26)(H,27,28). The van der Waals surface area contributed by atoms with Crippen LogP contribution in [0.5, 0.6) is 0 Å². The second-order valence-corrected chi connectivity index (χ2v) is 8.04. The summed E-state index contributed by atoms with van der Waals surface area (Å²) in [4.78, 5) is 25.0. The maximum atomic E-state index is 13.1. The van der Waals surface area contributed by atoms with Gasteiger partial charge in [-0.25, -0.2) is 0 Å². The minimum atomic E-state index is -0.970. The smallest absolute Gasteiger partial charge is 0.311 e. The Balaban J connectivity index is 1.60. The fourth-order valence-corrected chi connectivity index (χ4v) is 4.41. The molecule has 1 aliphatic carbocycles. The van der Waals surface area contributed by atoms with Crippen molar-refractivity contribution in [2.24, 2.45) is 5.41 Å². The topological polar surface area (TPSA) is 93.5 Å². The van der Waals surface area contributed by atoms with Crippen LogP contribution < -0.4 is 5.32 Å². The maximum Gasteiger partial charge on any atom is 0.311 e. The summed E-state index contributed by atoms with van der Waals surface area (Å²) in [6.45, 7) is 0.890. The monoisotopic (exact) mass is 397 g/mol. The molecule has 154 valence electrons. The summed E-state index contributed by atoms with van der Waals surface area (Å²) in [5.74, 6) is -1.16. The van der Waals surface area contributed by atoms with Gasteiger partial charge in [-0.05, 0) is 25.7 Å². The van der Waals surface area contributed by atoms with E-state index in [1.165, 1.54) is 12.8 Å². The van der Waals surface area contributed by atoms with Crippen LogP contribution in [-0.2, 0) is 9.53 Å². The zero-order chi connectivity index (χ0) is 20.3. The maximum absolute atomic E-state index is 13.1. The van der Waals surface area contributed by atoms with Gasteiger partial charge in [-0.3, -0.25) is 14.3 Å². The van der Waals surface area contributed by atoms with Crippen molar-refractivity contribution in [3.05, 3.63) is 42.1 Å². The first-order valence-corrected chi connectivity index (χ1v) is 10.3. The predicted octanol–water partition coefficient (Wildman–Crippen LogP) is 3.28. The Morgan fingerprint density at radius 3 is 2.52 bits per heavy atom. The molecule has 2 N–H and O–H groups in total. The highest BCUT2D eigenvalue weighted by atomic mass is 16.5. The number of nitrogens with zero attached hydrogens (tertiary/aromatic N) is 2. The Morgan fingerprint density at radius 1 is 1.17 bits per heavy atom. The molecule has 0 radical (unpaired) electrons. The molecule has 0 unspecified atom stereocenters. The number of carbonyl (C=O) groups is 2. The average molecular weight is 397 g/mol. The summed E-state index contributed by atoms with van der Waals surface area (Å²) in [6, 6.07) is 10.1. The van der Waals surface area contributed by atoms with E-state index in [2.05, 4.69) is 10.4 Å². The third-order valence-electron chi connectivity index (χ3n) is 6.25. The van der Waals surface area contributed by atoms with Gasteiger partial charge in [-0.2, -0.15) is 5.10 Å². The normalized spacial score (nSPS) is 19.2. The minimum absolute atomic E-state index is 0.0906. The van der Waals surface area contributed by atoms with Crippen LogP contribution in [0.15, 0.2) is 36.5 Å². The number of nitrogens with one attached hydrogen (secondary N) is 1. The van der Waals surface area contributed by atoms with Gasteiger partial charge in [0.05, 0.1) is 28.9 Å². The number of carbonyl (C=O) groups excluding carboxylic acids is 1. The van der Waals surface area contributed by atoms with E-state index in [4.69, 9.17) is 4.74 Å². The van der Waals surface area contributed by atoms with Crippen molar-refractivity contribution in [1.29, 1.82) is 0 Å². The Labute approximate surface area is 170 Å². The second-order valence-electron chi connectivity index (χ2n) is 8.04. The molecule has 0 atom stereocenters. The number of aromatic nitrogens is 2. The highest BCUT2D eigenvalue weighted by molar-refractivity contribution is 6.00. The lowest BCUT2D eigenvalue weighted by molar-refractivity contribution is -0.154. The van der Waals surface area contributed by atoms with Crippen molar-refractivity contribution in [3.8, 4) is 11.3 Å². The first-order valence-electron chi connectivity index (χ1n) is 10.3. The van der Waals surface area contributed by atoms with Gasteiger partial charge >= 0.3 is 5.97 Å². The third kappa shape index (κ3) is 3.92. The second kappa shape index (κ2) is 8.37. The van der Waals surface area contributed by atoms with E-state index in [9.17, 15) is 14.7 Å². The zero-order valence-electron chi connectivity index (χ0n) is 16.5. The fraction of sp³-hybridized carbons (Fsp3) is 0.500. The summed E-state index contributed by atoms with van der Waals surface area (Å²) < 4.78 is 7.30. The van der Waals surface area contributed by atoms with E-state index in [-0.39, 0.29) is 12.5 Å². The lowest BCUT2D eigenvalue weighted by atomic mass is 9.80. The van der Waals surface area contributed by atoms with Crippen LogP contribution in [0.2, 0.25) is 0 Å². The van der Waals surface area contributed by atoms with Gasteiger partial charge in [0.2, 0.25) is 0 Å². The SMILES string of the molecule is O=C(NCC1(C(=O)O)CCOCC1)c1cnn(C2CCCC2)c1-c1ccccc1. The molecule has 2 aliphatic rings. The molecular weight excluding hydrogens is 370 g/mol. The third-order valence-corrected chi connectivity index (χ3v) is 6.25. The minimum Gasteiger partial charge on any atom is -0.481 e. The van der Waals surface area contributed by atoms with Crippen molar-refractivity contribution >= 4 is 11.9 Å². The van der Waals surface area contributed by atoms with Crippen molar-refractivity contribution in [3.63, 3.8) is 0 Å². The van der Waals surface area contributed by atoms with E-state index < -0.39 is 11.4 Å². The zero-order valence-corrected chi connectivity index (χ0v) is 16.5. The van der Waals surface area contributed by atoms with Crippen molar-refractivity contribution in [2.45, 2.75) is 44.6 Å². The van der Waals surface area contributed by atoms with Crippen LogP contribution in [0.25, 0.3) is 11.3 Å². The number of hydrogen-bond acceptors (Lipinski definition) is 4. The Kier molecular flexibility index (Phi) is 5.67. The molecule has 1 aromatic heterocycles. The van der Waals surface area contributed by atoms with E-state index in [1.807, 2.05) is 35.0 Å². The largest absolute Gasteiger partial charge is 0.481 e. The van der Waals surface area contributed by atoms with Gasteiger partial charge < -0.3 is 15.2 Å². The van der Waals surface area contributed by atoms with Crippen LogP contribution in [0, 0.1) is 5.41 Å². The number of carboxylic acids is 1. The van der Waals surface area contributed by atoms with Gasteiger partial charge in [-0.15, -0.1) is 0 Å². The molecule has 2 fully saturated rings. The number of aliphatic carboxylic acids is 1. The summed E-state index contributed by atoms with van der Waals surface area (Å²) in [7, 11) is 0. The number of ether oxygens (including phenoxy) is 1. The highest BCUT2D eigenvalue weighted by Crippen LogP contribution is 2.35. The molecule has 7 heteroatoms. The summed E-state index contributed by atoms with van der Waals surface area (Å²) >= 11 is 0. The van der Waals surface area contributed by atoms with Crippen LogP contribution in [-0.4, -0.2) is 46.5 Å². The Hall–Kier alpha value is -2.67. The molecule has 1 saturated heterocycles. The molecule has 7 nitrogen and oxygen atoms in total. The molecule has 0 bridgehead atoms. The lowest BCUT2D eigenvalue weighted by Crippen LogP contribution is -2.46. The van der Waals surface area contributed by atoms with Crippen LogP contribution in [0.3, 0.4) is 0 Å². The molecular formula is C22H27N3O4. The predicted molar refractivity (Wildman–Crippen MR) is 108 cm³/mol. The van der Waals surface area contributed by atoms with Gasteiger partial charge in [0.15, 0.2) is 0 Å². The highest BCUT2D eigenvalue weighted by Gasteiger charge is 2.40. The van der Waals surface area contributed by atoms with Crippen molar-refractivity contribution in [2.75, 3.05) is 19.8 Å². The van der Waals surface area contributed by atoms with Gasteiger partial charge in [0, 0.05) is 25.3 Å². The van der Waals surface area contributed by atoms with Gasteiger partial charge in [0.25, 0.3) is 5.91 Å². The summed E-state index contributed by atoms with van der Waals surface area (Å²) in [6.07, 6.45) is 6.88. The molecule has 2 aromatic rings. The first-order chi connectivity index (χ1) is 14.1. The fourth-order valence-electron chi connectivity index (χ4n) is 4.41. The number of benzene rings is 1. The van der Waals surface area contributed by atoms with E-state index >= 15 is 0 Å². The van der Waals surface area contributed by atoms with Gasteiger partial charge in [-0.1, -0.05) is 43.2 Å². The Bertz CT molecular complexity index is 865. The number of rotatable bonds is 6. The lowest BCUT2D eigenvalue weighted by Gasteiger charge is -2.33.